The van der Waals surface area contributed by atoms with E-state index in [0.29, 0.717) is 11.7 Å². The lowest BCUT2D eigenvalue weighted by Gasteiger charge is -2.31. The Morgan fingerprint density at radius 3 is 2.72 bits per heavy atom. The molecule has 0 bridgehead atoms. The van der Waals surface area contributed by atoms with Crippen molar-refractivity contribution in [1.29, 1.82) is 0 Å². The van der Waals surface area contributed by atoms with Gasteiger partial charge in [0.25, 0.3) is 0 Å². The fraction of sp³-hybridized carbons (Fsp3) is 0.733. The smallest absolute Gasteiger partial charge is 0.169 e. The van der Waals surface area contributed by atoms with E-state index in [1.165, 1.54) is 6.42 Å². The molecule has 18 heavy (non-hydrogen) atoms. The molecule has 3 atom stereocenters. The van der Waals surface area contributed by atoms with Gasteiger partial charge in [-0.15, -0.1) is 0 Å². The van der Waals surface area contributed by atoms with Crippen molar-refractivity contribution in [3.05, 3.63) is 17.5 Å². The number of hydrogen-bond donors (Lipinski definition) is 0. The van der Waals surface area contributed by atoms with Crippen LogP contribution in [0.2, 0.25) is 0 Å². The topological polar surface area (TPSA) is 34.9 Å². The Hall–Kier alpha value is -1.12. The van der Waals surface area contributed by atoms with Crippen LogP contribution in [0.25, 0.3) is 0 Å². The highest BCUT2D eigenvalue weighted by Crippen LogP contribution is 2.35. The first-order valence-electron chi connectivity index (χ1n) is 7.09. The van der Waals surface area contributed by atoms with Gasteiger partial charge in [-0.25, -0.2) is 0 Å². The lowest BCUT2D eigenvalue weighted by molar-refractivity contribution is 0.0836. The monoisotopic (exact) mass is 248 g/mol. The summed E-state index contributed by atoms with van der Waals surface area (Å²) in [6.07, 6.45) is 5.99. The maximum absolute atomic E-state index is 12.6. The lowest BCUT2D eigenvalue weighted by Crippen LogP contribution is -2.26. The number of rotatable bonds is 3. The summed E-state index contributed by atoms with van der Waals surface area (Å²) < 4.78 is 1.76. The lowest BCUT2D eigenvalue weighted by atomic mass is 9.73. The number of aryl methyl sites for hydroxylation is 2. The Labute approximate surface area is 110 Å². The van der Waals surface area contributed by atoms with E-state index in [0.717, 1.165) is 36.4 Å². The van der Waals surface area contributed by atoms with Gasteiger partial charge in [-0.2, -0.15) is 5.10 Å². The second kappa shape index (κ2) is 5.25. The molecule has 1 aromatic rings. The zero-order valence-electron chi connectivity index (χ0n) is 11.9. The van der Waals surface area contributed by atoms with Crippen molar-refractivity contribution in [2.75, 3.05) is 0 Å². The summed E-state index contributed by atoms with van der Waals surface area (Å²) >= 11 is 0. The Morgan fingerprint density at radius 2 is 2.11 bits per heavy atom. The first kappa shape index (κ1) is 13.3. The van der Waals surface area contributed by atoms with Gasteiger partial charge in [0.15, 0.2) is 5.78 Å². The summed E-state index contributed by atoms with van der Waals surface area (Å²) in [6, 6.07) is 0. The number of carbonyl (C=O) groups is 1. The first-order valence-corrected chi connectivity index (χ1v) is 7.09. The van der Waals surface area contributed by atoms with Crippen LogP contribution in [-0.2, 0) is 13.5 Å². The van der Waals surface area contributed by atoms with Crippen molar-refractivity contribution in [2.45, 2.75) is 46.5 Å². The molecule has 1 fully saturated rings. The molecule has 0 N–H and O–H groups in total. The predicted molar refractivity (Wildman–Crippen MR) is 72.6 cm³/mol. The fourth-order valence-corrected chi connectivity index (χ4v) is 3.01. The van der Waals surface area contributed by atoms with Crippen molar-refractivity contribution in [2.24, 2.45) is 24.8 Å². The van der Waals surface area contributed by atoms with Gasteiger partial charge in [-0.1, -0.05) is 20.8 Å². The minimum atomic E-state index is 0.214. The number of ketones is 1. The summed E-state index contributed by atoms with van der Waals surface area (Å²) in [6.45, 7) is 6.63. The van der Waals surface area contributed by atoms with E-state index in [1.807, 2.05) is 13.2 Å². The van der Waals surface area contributed by atoms with Crippen LogP contribution in [0.1, 0.15) is 56.1 Å². The molecule has 1 heterocycles. The van der Waals surface area contributed by atoms with Gasteiger partial charge >= 0.3 is 0 Å². The molecule has 1 aromatic heterocycles. The summed E-state index contributed by atoms with van der Waals surface area (Å²) in [7, 11) is 1.89. The number of Topliss-reactive ketones (excluding diaryl/α,β-unsaturated/α-hetero) is 1. The molecule has 0 radical (unpaired) electrons. The standard InChI is InChI=1S/C15H24N2O/c1-5-14-13(9-17(4)16-14)15(18)12-7-6-10(2)11(3)8-12/h9-12H,5-8H2,1-4H3. The Kier molecular flexibility index (Phi) is 3.88. The van der Waals surface area contributed by atoms with Gasteiger partial charge < -0.3 is 0 Å². The molecule has 0 amide bonds. The third kappa shape index (κ3) is 2.50. The molecule has 0 aromatic carbocycles. The quantitative estimate of drug-likeness (QED) is 0.770. The van der Waals surface area contributed by atoms with Crippen molar-refractivity contribution in [1.82, 2.24) is 9.78 Å². The van der Waals surface area contributed by atoms with Gasteiger partial charge in [0.2, 0.25) is 0 Å². The number of nitrogens with zero attached hydrogens (tertiary/aromatic N) is 2. The zero-order chi connectivity index (χ0) is 13.3. The van der Waals surface area contributed by atoms with Crippen molar-refractivity contribution >= 4 is 5.78 Å². The maximum Gasteiger partial charge on any atom is 0.169 e. The van der Waals surface area contributed by atoms with E-state index < -0.39 is 0 Å². The second-order valence-electron chi connectivity index (χ2n) is 5.85. The van der Waals surface area contributed by atoms with E-state index in [4.69, 9.17) is 0 Å². The van der Waals surface area contributed by atoms with Crippen molar-refractivity contribution in [3.63, 3.8) is 0 Å². The van der Waals surface area contributed by atoms with E-state index in [2.05, 4.69) is 25.9 Å². The summed E-state index contributed by atoms with van der Waals surface area (Å²) in [4.78, 5) is 12.6. The SMILES string of the molecule is CCc1nn(C)cc1C(=O)C1CCC(C)C(C)C1. The Balaban J connectivity index is 2.16. The third-order valence-corrected chi connectivity index (χ3v) is 4.47. The van der Waals surface area contributed by atoms with Gasteiger partial charge in [0, 0.05) is 19.2 Å². The molecule has 1 aliphatic rings. The minimum Gasteiger partial charge on any atom is -0.294 e. The van der Waals surface area contributed by atoms with Crippen LogP contribution >= 0.6 is 0 Å². The van der Waals surface area contributed by atoms with Gasteiger partial charge in [0.05, 0.1) is 11.3 Å². The van der Waals surface area contributed by atoms with Crippen LogP contribution in [0.15, 0.2) is 6.20 Å². The third-order valence-electron chi connectivity index (χ3n) is 4.47. The van der Waals surface area contributed by atoms with Crippen LogP contribution in [0.3, 0.4) is 0 Å². The summed E-state index contributed by atoms with van der Waals surface area (Å²) in [5, 5.41) is 4.37. The predicted octanol–water partition coefficient (Wildman–Crippen LogP) is 3.24. The van der Waals surface area contributed by atoms with Crippen molar-refractivity contribution < 1.29 is 4.79 Å². The van der Waals surface area contributed by atoms with E-state index >= 15 is 0 Å². The molecule has 3 heteroatoms. The highest BCUT2D eigenvalue weighted by Gasteiger charge is 2.31. The fourth-order valence-electron chi connectivity index (χ4n) is 3.01. The Morgan fingerprint density at radius 1 is 1.39 bits per heavy atom. The number of carbonyl (C=O) groups excluding carboxylic acids is 1. The van der Waals surface area contributed by atoms with Crippen LogP contribution in [0.4, 0.5) is 0 Å². The first-order chi connectivity index (χ1) is 8.52. The zero-order valence-corrected chi connectivity index (χ0v) is 11.9. The minimum absolute atomic E-state index is 0.214. The molecular weight excluding hydrogens is 224 g/mol. The molecule has 3 unspecified atom stereocenters. The van der Waals surface area contributed by atoms with Gasteiger partial charge in [0.1, 0.15) is 0 Å². The molecule has 3 nitrogen and oxygen atoms in total. The molecule has 1 aliphatic carbocycles. The van der Waals surface area contributed by atoms with Gasteiger partial charge in [-0.3, -0.25) is 9.48 Å². The summed E-state index contributed by atoms with van der Waals surface area (Å²) in [5.74, 6) is 1.95. The number of hydrogen-bond acceptors (Lipinski definition) is 2. The van der Waals surface area contributed by atoms with Crippen LogP contribution in [0.5, 0.6) is 0 Å². The second-order valence-corrected chi connectivity index (χ2v) is 5.85. The molecule has 0 aliphatic heterocycles. The van der Waals surface area contributed by atoms with Gasteiger partial charge in [-0.05, 0) is 37.5 Å². The molecule has 100 valence electrons. The maximum atomic E-state index is 12.6. The molecule has 1 saturated carbocycles. The molecule has 0 spiro atoms. The van der Waals surface area contributed by atoms with E-state index in [1.54, 1.807) is 4.68 Å². The van der Waals surface area contributed by atoms with Crippen LogP contribution in [-0.4, -0.2) is 15.6 Å². The normalized spacial score (nSPS) is 28.3. The Bertz CT molecular complexity index is 436. The molecule has 0 saturated heterocycles. The van der Waals surface area contributed by atoms with Crippen molar-refractivity contribution in [3.8, 4) is 0 Å². The summed E-state index contributed by atoms with van der Waals surface area (Å²) in [5.41, 5.74) is 1.81. The number of aromatic nitrogens is 2. The molecular formula is C15H24N2O. The van der Waals surface area contributed by atoms with E-state index in [9.17, 15) is 4.79 Å². The van der Waals surface area contributed by atoms with E-state index in [-0.39, 0.29) is 5.92 Å². The highest BCUT2D eigenvalue weighted by atomic mass is 16.1. The largest absolute Gasteiger partial charge is 0.294 e. The van der Waals surface area contributed by atoms with Crippen LogP contribution in [0, 0.1) is 17.8 Å². The van der Waals surface area contributed by atoms with Crippen LogP contribution < -0.4 is 0 Å². The highest BCUT2D eigenvalue weighted by molar-refractivity contribution is 5.98. The molecule has 2 rings (SSSR count). The average Bonchev–Trinajstić information content (AvgIpc) is 2.73. The average molecular weight is 248 g/mol.